The van der Waals surface area contributed by atoms with E-state index in [1.54, 1.807) is 0 Å². The summed E-state index contributed by atoms with van der Waals surface area (Å²) in [4.78, 5) is 10.5. The van der Waals surface area contributed by atoms with Crippen molar-refractivity contribution in [3.63, 3.8) is 0 Å². The lowest BCUT2D eigenvalue weighted by molar-refractivity contribution is -0.139. The van der Waals surface area contributed by atoms with Crippen molar-refractivity contribution in [2.24, 2.45) is 0 Å². The van der Waals surface area contributed by atoms with Gasteiger partial charge in [-0.2, -0.15) is 13.2 Å². The normalized spacial score (nSPS) is 11.5. The van der Waals surface area contributed by atoms with E-state index < -0.39 is 17.7 Å². The van der Waals surface area contributed by atoms with E-state index in [4.69, 9.17) is 5.11 Å². The number of alkyl halides is 3. The average Bonchev–Trinajstić information content (AvgIpc) is 2.15. The summed E-state index contributed by atoms with van der Waals surface area (Å²) in [6.45, 7) is 0. The first kappa shape index (κ1) is 11.9. The van der Waals surface area contributed by atoms with Crippen molar-refractivity contribution in [3.8, 4) is 0 Å². The topological polar surface area (TPSA) is 37.3 Å². The highest BCUT2D eigenvalue weighted by atomic mass is 32.2. The monoisotopic (exact) mass is 236 g/mol. The second kappa shape index (κ2) is 4.14. The van der Waals surface area contributed by atoms with E-state index >= 15 is 0 Å². The lowest BCUT2D eigenvalue weighted by atomic mass is 10.1. The molecule has 1 aromatic carbocycles. The van der Waals surface area contributed by atoms with Crippen molar-refractivity contribution in [2.75, 3.05) is 6.26 Å². The van der Waals surface area contributed by atoms with Gasteiger partial charge in [0, 0.05) is 4.90 Å². The lowest BCUT2D eigenvalue weighted by Crippen LogP contribution is -2.08. The number of hydrogen-bond donors (Lipinski definition) is 1. The summed E-state index contributed by atoms with van der Waals surface area (Å²) >= 11 is 0.871. The molecule has 0 spiro atoms. The van der Waals surface area contributed by atoms with Crippen LogP contribution >= 0.6 is 11.8 Å². The molecule has 0 radical (unpaired) electrons. The Balaban J connectivity index is 3.27. The number of hydrogen-bond acceptors (Lipinski definition) is 2. The fourth-order valence-electron chi connectivity index (χ4n) is 1.06. The van der Waals surface area contributed by atoms with Crippen LogP contribution < -0.4 is 0 Å². The third-order valence-corrected chi connectivity index (χ3v) is 2.53. The van der Waals surface area contributed by atoms with Gasteiger partial charge in [0.05, 0.1) is 11.1 Å². The fourth-order valence-corrected chi connectivity index (χ4v) is 1.71. The summed E-state index contributed by atoms with van der Waals surface area (Å²) in [5.74, 6) is -1.24. The molecule has 0 amide bonds. The minimum Gasteiger partial charge on any atom is -0.478 e. The summed E-state index contributed by atoms with van der Waals surface area (Å²) in [7, 11) is 0. The summed E-state index contributed by atoms with van der Waals surface area (Å²) < 4.78 is 37.2. The van der Waals surface area contributed by atoms with Gasteiger partial charge in [0.2, 0.25) is 0 Å². The van der Waals surface area contributed by atoms with E-state index in [-0.39, 0.29) is 10.5 Å². The Bertz CT molecular complexity index is 387. The van der Waals surface area contributed by atoms with Crippen LogP contribution in [-0.4, -0.2) is 17.3 Å². The van der Waals surface area contributed by atoms with E-state index in [9.17, 15) is 18.0 Å². The quantitative estimate of drug-likeness (QED) is 0.801. The van der Waals surface area contributed by atoms with Crippen LogP contribution in [0.5, 0.6) is 0 Å². The van der Waals surface area contributed by atoms with E-state index in [1.165, 1.54) is 6.26 Å². The zero-order valence-corrected chi connectivity index (χ0v) is 8.45. The molecule has 1 N–H and O–H groups in total. The van der Waals surface area contributed by atoms with Crippen LogP contribution in [0.15, 0.2) is 23.1 Å². The highest BCUT2D eigenvalue weighted by Gasteiger charge is 2.33. The molecule has 2 nitrogen and oxygen atoms in total. The maximum Gasteiger partial charge on any atom is 0.417 e. The second-order valence-corrected chi connectivity index (χ2v) is 3.57. The third kappa shape index (κ3) is 2.65. The maximum atomic E-state index is 12.4. The van der Waals surface area contributed by atoms with Crippen LogP contribution in [-0.2, 0) is 6.18 Å². The smallest absolute Gasteiger partial charge is 0.417 e. The van der Waals surface area contributed by atoms with Gasteiger partial charge in [0.15, 0.2) is 0 Å². The third-order valence-electron chi connectivity index (χ3n) is 1.75. The molecule has 0 bridgehead atoms. The number of carboxylic acids is 1. The van der Waals surface area contributed by atoms with Crippen molar-refractivity contribution in [3.05, 3.63) is 29.3 Å². The van der Waals surface area contributed by atoms with Crippen LogP contribution in [0.2, 0.25) is 0 Å². The van der Waals surface area contributed by atoms with Crippen molar-refractivity contribution in [1.82, 2.24) is 0 Å². The number of aromatic carboxylic acids is 1. The molecule has 0 unspecified atom stereocenters. The Labute approximate surface area is 88.1 Å². The van der Waals surface area contributed by atoms with E-state index in [0.717, 1.165) is 30.0 Å². The fraction of sp³-hybridized carbons (Fsp3) is 0.222. The first-order valence-electron chi connectivity index (χ1n) is 3.85. The van der Waals surface area contributed by atoms with Crippen LogP contribution in [0, 0.1) is 0 Å². The molecule has 82 valence electrons. The highest BCUT2D eigenvalue weighted by Crippen LogP contribution is 2.36. The van der Waals surface area contributed by atoms with Gasteiger partial charge in [-0.25, -0.2) is 4.79 Å². The van der Waals surface area contributed by atoms with Gasteiger partial charge in [-0.05, 0) is 24.5 Å². The molecule has 1 aromatic rings. The Kier molecular flexibility index (Phi) is 3.28. The number of halogens is 3. The van der Waals surface area contributed by atoms with Crippen LogP contribution in [0.4, 0.5) is 13.2 Å². The standard InChI is InChI=1S/C9H7F3O2S/c1-15-7-4-5(8(13)14)2-3-6(7)9(10,11)12/h2-4H,1H3,(H,13,14). The molecule has 1 rings (SSSR count). The number of carbonyl (C=O) groups is 1. The summed E-state index contributed by atoms with van der Waals surface area (Å²) in [5, 5.41) is 8.61. The molecule has 0 atom stereocenters. The van der Waals surface area contributed by atoms with Crippen molar-refractivity contribution in [2.45, 2.75) is 11.1 Å². The largest absolute Gasteiger partial charge is 0.478 e. The predicted molar refractivity (Wildman–Crippen MR) is 50.2 cm³/mol. The van der Waals surface area contributed by atoms with Crippen LogP contribution in [0.3, 0.4) is 0 Å². The van der Waals surface area contributed by atoms with Crippen molar-refractivity contribution in [1.29, 1.82) is 0 Å². The molecule has 0 aromatic heterocycles. The van der Waals surface area contributed by atoms with E-state index in [0.29, 0.717) is 0 Å². The van der Waals surface area contributed by atoms with Gasteiger partial charge in [0.1, 0.15) is 0 Å². The number of benzene rings is 1. The second-order valence-electron chi connectivity index (χ2n) is 2.72. The Morgan fingerprint density at radius 3 is 2.40 bits per heavy atom. The summed E-state index contributed by atoms with van der Waals surface area (Å²) in [6, 6.07) is 2.76. The van der Waals surface area contributed by atoms with Gasteiger partial charge < -0.3 is 5.11 Å². The predicted octanol–water partition coefficient (Wildman–Crippen LogP) is 3.13. The summed E-state index contributed by atoms with van der Waals surface area (Å²) in [6.07, 6.45) is -2.98. The maximum absolute atomic E-state index is 12.4. The molecule has 0 saturated heterocycles. The molecule has 15 heavy (non-hydrogen) atoms. The van der Waals surface area contributed by atoms with Crippen molar-refractivity contribution < 1.29 is 23.1 Å². The van der Waals surface area contributed by atoms with Gasteiger partial charge in [-0.15, -0.1) is 11.8 Å². The molecular weight excluding hydrogens is 229 g/mol. The molecule has 0 aliphatic carbocycles. The van der Waals surface area contributed by atoms with Crippen LogP contribution in [0.25, 0.3) is 0 Å². The molecule has 0 aliphatic heterocycles. The average molecular weight is 236 g/mol. The Morgan fingerprint density at radius 2 is 2.00 bits per heavy atom. The van der Waals surface area contributed by atoms with Gasteiger partial charge in [-0.3, -0.25) is 0 Å². The van der Waals surface area contributed by atoms with Gasteiger partial charge >= 0.3 is 12.1 Å². The van der Waals surface area contributed by atoms with E-state index in [2.05, 4.69) is 0 Å². The number of thioether (sulfide) groups is 1. The van der Waals surface area contributed by atoms with Crippen molar-refractivity contribution >= 4 is 17.7 Å². The first-order chi connectivity index (χ1) is 6.86. The molecule has 0 saturated carbocycles. The summed E-state index contributed by atoms with van der Waals surface area (Å²) in [5.41, 5.74) is -0.952. The van der Waals surface area contributed by atoms with Gasteiger partial charge in [0.25, 0.3) is 0 Å². The number of carboxylic acid groups (broad SMARTS) is 1. The molecule has 6 heteroatoms. The zero-order chi connectivity index (χ0) is 11.6. The highest BCUT2D eigenvalue weighted by molar-refractivity contribution is 7.98. The number of rotatable bonds is 2. The van der Waals surface area contributed by atoms with Gasteiger partial charge in [-0.1, -0.05) is 0 Å². The zero-order valence-electron chi connectivity index (χ0n) is 7.63. The SMILES string of the molecule is CSc1cc(C(=O)O)ccc1C(F)(F)F. The lowest BCUT2D eigenvalue weighted by Gasteiger charge is -2.11. The molecule has 0 aliphatic rings. The minimum atomic E-state index is -4.45. The Morgan fingerprint density at radius 1 is 1.40 bits per heavy atom. The Hall–Kier alpha value is -1.17. The first-order valence-corrected chi connectivity index (χ1v) is 5.07. The minimum absolute atomic E-state index is 0.0811. The van der Waals surface area contributed by atoms with Crippen LogP contribution in [0.1, 0.15) is 15.9 Å². The van der Waals surface area contributed by atoms with E-state index in [1.807, 2.05) is 0 Å². The molecule has 0 fully saturated rings. The molecular formula is C9H7F3O2S. The molecule has 0 heterocycles.